The summed E-state index contributed by atoms with van der Waals surface area (Å²) in [6.07, 6.45) is 1.07. The van der Waals surface area contributed by atoms with Gasteiger partial charge in [0.2, 0.25) is 0 Å². The molecule has 1 aliphatic heterocycles. The van der Waals surface area contributed by atoms with E-state index in [1.54, 1.807) is 24.3 Å². The molecule has 16 heavy (non-hydrogen) atoms. The van der Waals surface area contributed by atoms with E-state index in [0.29, 0.717) is 11.4 Å². The Morgan fingerprint density at radius 3 is 2.94 bits per heavy atom. The van der Waals surface area contributed by atoms with E-state index >= 15 is 0 Å². The Kier molecular flexibility index (Phi) is 2.59. The van der Waals surface area contributed by atoms with Crippen molar-refractivity contribution in [2.24, 2.45) is 0 Å². The highest BCUT2D eigenvalue weighted by Gasteiger charge is 2.21. The molecule has 0 unspecified atom stereocenters. The van der Waals surface area contributed by atoms with Crippen LogP contribution in [0.1, 0.15) is 6.42 Å². The largest absolute Gasteiger partial charge is 0.481 e. The fraction of sp³-hybridized carbons (Fsp3) is 0.0909. The molecule has 0 amide bonds. The summed E-state index contributed by atoms with van der Waals surface area (Å²) >= 11 is 0. The van der Waals surface area contributed by atoms with Crippen LogP contribution in [0.25, 0.3) is 0 Å². The number of fused-ring (bicyclic) bond motifs is 1. The van der Waals surface area contributed by atoms with E-state index in [1.165, 1.54) is 6.08 Å². The van der Waals surface area contributed by atoms with Crippen molar-refractivity contribution in [2.75, 3.05) is 5.32 Å². The molecule has 0 bridgehead atoms. The number of benzene rings is 1. The number of rotatable bonds is 2. The Labute approximate surface area is 91.3 Å². The van der Waals surface area contributed by atoms with Gasteiger partial charge in [-0.15, -0.1) is 0 Å². The van der Waals surface area contributed by atoms with E-state index in [2.05, 4.69) is 5.32 Å². The molecule has 0 spiro atoms. The van der Waals surface area contributed by atoms with Gasteiger partial charge < -0.3 is 15.2 Å². The summed E-state index contributed by atoms with van der Waals surface area (Å²) in [4.78, 5) is 21.8. The maximum atomic E-state index is 11.4. The van der Waals surface area contributed by atoms with Crippen molar-refractivity contribution < 1.29 is 19.4 Å². The highest BCUT2D eigenvalue weighted by molar-refractivity contribution is 5.97. The highest BCUT2D eigenvalue weighted by atomic mass is 16.5. The van der Waals surface area contributed by atoms with Gasteiger partial charge in [0, 0.05) is 0 Å². The smallest absolute Gasteiger partial charge is 0.359 e. The first-order valence-corrected chi connectivity index (χ1v) is 4.67. The van der Waals surface area contributed by atoms with Crippen molar-refractivity contribution in [3.63, 3.8) is 0 Å². The van der Waals surface area contributed by atoms with Crippen LogP contribution in [-0.4, -0.2) is 17.0 Å². The minimum atomic E-state index is -0.999. The third-order valence-electron chi connectivity index (χ3n) is 2.06. The van der Waals surface area contributed by atoms with E-state index in [4.69, 9.17) is 9.84 Å². The Morgan fingerprint density at radius 2 is 2.19 bits per heavy atom. The monoisotopic (exact) mass is 219 g/mol. The zero-order chi connectivity index (χ0) is 11.5. The predicted octanol–water partition coefficient (Wildman–Crippen LogP) is 1.38. The normalized spacial score (nSPS) is 16.2. The number of hydrogen-bond acceptors (Lipinski definition) is 4. The molecule has 0 radical (unpaired) electrons. The molecule has 82 valence electrons. The predicted molar refractivity (Wildman–Crippen MR) is 56.0 cm³/mol. The standard InChI is InChI=1S/C11H9NO4/c13-10(14)6-5-8-11(15)16-9-4-2-1-3-7(9)12-8/h1-5,12H,6H2,(H,13,14)/b8-5+. The van der Waals surface area contributed by atoms with Gasteiger partial charge in [0.05, 0.1) is 12.1 Å². The van der Waals surface area contributed by atoms with Crippen LogP contribution in [0.15, 0.2) is 36.0 Å². The molecule has 0 atom stereocenters. The minimum absolute atomic E-state index is 0.154. The average Bonchev–Trinajstić information content (AvgIpc) is 2.26. The second-order valence-electron chi connectivity index (χ2n) is 3.23. The second-order valence-corrected chi connectivity index (χ2v) is 3.23. The highest BCUT2D eigenvalue weighted by Crippen LogP contribution is 2.29. The van der Waals surface area contributed by atoms with Crippen LogP contribution >= 0.6 is 0 Å². The number of ether oxygens (including phenoxy) is 1. The van der Waals surface area contributed by atoms with Gasteiger partial charge in [-0.2, -0.15) is 0 Å². The Bertz CT molecular complexity index is 479. The van der Waals surface area contributed by atoms with E-state index in [-0.39, 0.29) is 12.1 Å². The molecule has 0 saturated carbocycles. The minimum Gasteiger partial charge on any atom is -0.481 e. The van der Waals surface area contributed by atoms with Crippen molar-refractivity contribution >= 4 is 17.6 Å². The van der Waals surface area contributed by atoms with E-state index < -0.39 is 11.9 Å². The number of para-hydroxylation sites is 2. The molecule has 5 nitrogen and oxygen atoms in total. The summed E-state index contributed by atoms with van der Waals surface area (Å²) in [6.45, 7) is 0. The molecule has 1 heterocycles. The molecule has 0 saturated heterocycles. The van der Waals surface area contributed by atoms with Gasteiger partial charge in [0.25, 0.3) is 0 Å². The molecular formula is C11H9NO4. The zero-order valence-corrected chi connectivity index (χ0v) is 8.27. The fourth-order valence-corrected chi connectivity index (χ4v) is 1.33. The summed E-state index contributed by atoms with van der Waals surface area (Å²) in [6, 6.07) is 6.95. The first-order valence-electron chi connectivity index (χ1n) is 4.67. The quantitative estimate of drug-likeness (QED) is 0.446. The van der Waals surface area contributed by atoms with Crippen molar-refractivity contribution in [1.29, 1.82) is 0 Å². The van der Waals surface area contributed by atoms with Crippen LogP contribution in [0.4, 0.5) is 5.69 Å². The number of carboxylic acids is 1. The fourth-order valence-electron chi connectivity index (χ4n) is 1.33. The van der Waals surface area contributed by atoms with Crippen LogP contribution in [0.3, 0.4) is 0 Å². The summed E-state index contributed by atoms with van der Waals surface area (Å²) in [5, 5.41) is 11.3. The number of esters is 1. The van der Waals surface area contributed by atoms with Gasteiger partial charge in [-0.1, -0.05) is 12.1 Å². The van der Waals surface area contributed by atoms with Gasteiger partial charge >= 0.3 is 11.9 Å². The van der Waals surface area contributed by atoms with Crippen LogP contribution in [-0.2, 0) is 9.59 Å². The van der Waals surface area contributed by atoms with Crippen LogP contribution in [0.2, 0.25) is 0 Å². The van der Waals surface area contributed by atoms with Crippen LogP contribution in [0.5, 0.6) is 5.75 Å². The molecule has 1 aromatic rings. The number of carboxylic acid groups (broad SMARTS) is 1. The van der Waals surface area contributed by atoms with Crippen molar-refractivity contribution in [1.82, 2.24) is 0 Å². The average molecular weight is 219 g/mol. The Morgan fingerprint density at radius 1 is 1.44 bits per heavy atom. The van der Waals surface area contributed by atoms with Gasteiger partial charge in [-0.05, 0) is 18.2 Å². The molecule has 0 fully saturated rings. The topological polar surface area (TPSA) is 75.6 Å². The third kappa shape index (κ3) is 2.03. The second kappa shape index (κ2) is 4.06. The molecule has 1 aliphatic rings. The maximum Gasteiger partial charge on any atom is 0.359 e. The van der Waals surface area contributed by atoms with Gasteiger partial charge in [-0.3, -0.25) is 4.79 Å². The van der Waals surface area contributed by atoms with E-state index in [1.807, 2.05) is 0 Å². The first-order chi connectivity index (χ1) is 7.66. The van der Waals surface area contributed by atoms with E-state index in [9.17, 15) is 9.59 Å². The summed E-state index contributed by atoms with van der Waals surface area (Å²) in [7, 11) is 0. The molecule has 1 aromatic carbocycles. The first kappa shape index (κ1) is 10.2. The number of nitrogens with one attached hydrogen (secondary N) is 1. The van der Waals surface area contributed by atoms with Crippen molar-refractivity contribution in [3.05, 3.63) is 36.0 Å². The number of aliphatic carboxylic acids is 1. The molecule has 0 aliphatic carbocycles. The van der Waals surface area contributed by atoms with Crippen molar-refractivity contribution in [2.45, 2.75) is 6.42 Å². The summed E-state index contributed by atoms with van der Waals surface area (Å²) in [5.74, 6) is -1.12. The lowest BCUT2D eigenvalue weighted by Gasteiger charge is -2.19. The SMILES string of the molecule is O=C(O)C/C=C1/Nc2ccccc2OC1=O. The lowest BCUT2D eigenvalue weighted by atomic mass is 10.2. The van der Waals surface area contributed by atoms with E-state index in [0.717, 1.165) is 0 Å². The van der Waals surface area contributed by atoms with Gasteiger partial charge in [0.15, 0.2) is 5.75 Å². The molecule has 2 rings (SSSR count). The number of anilines is 1. The summed E-state index contributed by atoms with van der Waals surface area (Å²) < 4.78 is 5.01. The molecule has 5 heteroatoms. The number of hydrogen-bond donors (Lipinski definition) is 2. The number of carbonyl (C=O) groups is 2. The zero-order valence-electron chi connectivity index (χ0n) is 8.27. The Hall–Kier alpha value is -2.30. The van der Waals surface area contributed by atoms with Crippen molar-refractivity contribution in [3.8, 4) is 5.75 Å². The van der Waals surface area contributed by atoms with Gasteiger partial charge in [-0.25, -0.2) is 4.79 Å². The molecular weight excluding hydrogens is 210 g/mol. The van der Waals surface area contributed by atoms with Gasteiger partial charge in [0.1, 0.15) is 5.70 Å². The number of carbonyl (C=O) groups excluding carboxylic acids is 1. The van der Waals surface area contributed by atoms with Crippen LogP contribution in [0, 0.1) is 0 Å². The lowest BCUT2D eigenvalue weighted by Crippen LogP contribution is -2.23. The Balaban J connectivity index is 2.24. The summed E-state index contributed by atoms with van der Waals surface area (Å²) in [5.41, 5.74) is 0.805. The molecule has 0 aromatic heterocycles. The maximum absolute atomic E-state index is 11.4. The lowest BCUT2D eigenvalue weighted by molar-refractivity contribution is -0.136. The van der Waals surface area contributed by atoms with Crippen LogP contribution < -0.4 is 10.1 Å². The third-order valence-corrected chi connectivity index (χ3v) is 2.06. The molecule has 2 N–H and O–H groups in total.